The first-order valence-corrected chi connectivity index (χ1v) is 9.28. The van der Waals surface area contributed by atoms with Gasteiger partial charge >= 0.3 is 15.6 Å². The van der Waals surface area contributed by atoms with Gasteiger partial charge in [-0.25, -0.2) is 0 Å². The summed E-state index contributed by atoms with van der Waals surface area (Å²) in [6, 6.07) is 7.96. The van der Waals surface area contributed by atoms with Gasteiger partial charge in [-0.2, -0.15) is 21.6 Å². The van der Waals surface area contributed by atoms with E-state index in [9.17, 15) is 21.6 Å². The van der Waals surface area contributed by atoms with Crippen LogP contribution in [0, 0.1) is 0 Å². The van der Waals surface area contributed by atoms with E-state index in [2.05, 4.69) is 4.18 Å². The van der Waals surface area contributed by atoms with Gasteiger partial charge in [-0.1, -0.05) is 29.1 Å². The van der Waals surface area contributed by atoms with Crippen LogP contribution in [0.5, 0.6) is 5.75 Å². The van der Waals surface area contributed by atoms with Crippen LogP contribution in [0.2, 0.25) is 0 Å². The molecule has 0 N–H and O–H groups in total. The molecule has 26 heavy (non-hydrogen) atoms. The Kier molecular flexibility index (Phi) is 4.34. The van der Waals surface area contributed by atoms with Crippen molar-refractivity contribution in [2.24, 2.45) is 0 Å². The minimum atomic E-state index is -5.71. The molecule has 0 aliphatic carbocycles. The summed E-state index contributed by atoms with van der Waals surface area (Å²) in [6.07, 6.45) is 0. The lowest BCUT2D eigenvalue weighted by Crippen LogP contribution is -2.47. The fourth-order valence-corrected chi connectivity index (χ4v) is 3.64. The third-order valence-electron chi connectivity index (χ3n) is 4.95. The summed E-state index contributed by atoms with van der Waals surface area (Å²) in [7, 11) is 2.25. The highest BCUT2D eigenvalue weighted by Crippen LogP contribution is 2.30. The second kappa shape index (κ2) is 6.01. The van der Waals surface area contributed by atoms with Crippen molar-refractivity contribution < 1.29 is 25.8 Å². The Morgan fingerprint density at radius 1 is 0.808 bits per heavy atom. The molecule has 3 nitrogen and oxygen atoms in total. The van der Waals surface area contributed by atoms with E-state index in [0.29, 0.717) is 5.39 Å². The average molecular weight is 374 g/mol. The number of benzene rings is 3. The molecule has 0 spiro atoms. The molecule has 11 heteroatoms. The Balaban J connectivity index is 2.31. The van der Waals surface area contributed by atoms with Crippen LogP contribution in [-0.2, 0) is 10.1 Å². The van der Waals surface area contributed by atoms with Gasteiger partial charge in [0, 0.05) is 0 Å². The fraction of sp³-hybridized carbons (Fsp3) is 0.0667. The van der Waals surface area contributed by atoms with Gasteiger partial charge < -0.3 is 4.18 Å². The third-order valence-corrected chi connectivity index (χ3v) is 5.93. The van der Waals surface area contributed by atoms with Crippen LogP contribution in [0.3, 0.4) is 0 Å². The van der Waals surface area contributed by atoms with E-state index in [0.717, 1.165) is 38.0 Å². The number of rotatable bonds is 2. The lowest BCUT2D eigenvalue weighted by molar-refractivity contribution is -0.0500. The summed E-state index contributed by atoms with van der Waals surface area (Å²) in [6.45, 7) is 0. The van der Waals surface area contributed by atoms with Gasteiger partial charge in [0.1, 0.15) is 37.1 Å². The number of hydrogen-bond donors (Lipinski definition) is 0. The minimum absolute atomic E-state index is 0.363. The molecule has 3 aromatic carbocycles. The molecule has 130 valence electrons. The number of alkyl halides is 3. The Morgan fingerprint density at radius 3 is 2.00 bits per heavy atom. The molecule has 0 radical (unpaired) electrons. The summed E-state index contributed by atoms with van der Waals surface area (Å²) in [5, 5.41) is 3.31. The number of fused-ring (bicyclic) bond motifs is 3. The van der Waals surface area contributed by atoms with Gasteiger partial charge in [-0.05, 0) is 33.7 Å². The van der Waals surface area contributed by atoms with Gasteiger partial charge in [-0.3, -0.25) is 0 Å². The fourth-order valence-electron chi connectivity index (χ4n) is 3.19. The van der Waals surface area contributed by atoms with Crippen LogP contribution in [0.25, 0.3) is 21.5 Å². The van der Waals surface area contributed by atoms with Crippen molar-refractivity contribution in [1.29, 1.82) is 0 Å². The smallest absolute Gasteiger partial charge is 0.376 e. The normalized spacial score (nSPS) is 12.6. The standard InChI is InChI=1S/C15H13B4F3O3S/c16-11-8-4-2-6-1-3-7(25-26(23,24)15(20,21)22)5-9(6)10(8)12(17)14(19)13(11)18/h1-5H,16-19H2. The van der Waals surface area contributed by atoms with Gasteiger partial charge in [0.15, 0.2) is 0 Å². The van der Waals surface area contributed by atoms with E-state index in [1.54, 1.807) is 6.07 Å². The molecule has 3 aromatic rings. The zero-order chi connectivity index (χ0) is 19.4. The summed E-state index contributed by atoms with van der Waals surface area (Å²) >= 11 is 0. The Bertz CT molecular complexity index is 1160. The van der Waals surface area contributed by atoms with Crippen molar-refractivity contribution in [2.45, 2.75) is 5.51 Å². The second-order valence-corrected chi connectivity index (χ2v) is 7.89. The SMILES string of the molecule is Bc1c(B)c(B)c2c(ccc3ccc(OS(=O)(=O)C(F)(F)F)cc32)c1B. The topological polar surface area (TPSA) is 43.4 Å². The molecule has 3 rings (SSSR count). The van der Waals surface area contributed by atoms with Gasteiger partial charge in [0.2, 0.25) is 0 Å². The first-order valence-electron chi connectivity index (χ1n) is 7.87. The van der Waals surface area contributed by atoms with Crippen LogP contribution in [0.4, 0.5) is 13.2 Å². The zero-order valence-electron chi connectivity index (χ0n) is 14.7. The zero-order valence-corrected chi connectivity index (χ0v) is 15.5. The summed E-state index contributed by atoms with van der Waals surface area (Å²) in [5.41, 5.74) is -1.14. The van der Waals surface area contributed by atoms with Crippen molar-refractivity contribution in [3.63, 3.8) is 0 Å². The van der Waals surface area contributed by atoms with E-state index in [1.165, 1.54) is 12.1 Å². The molecule has 0 bridgehead atoms. The summed E-state index contributed by atoms with van der Waals surface area (Å²) < 4.78 is 64.6. The molecule has 0 saturated carbocycles. The Morgan fingerprint density at radius 2 is 1.38 bits per heavy atom. The maximum absolute atomic E-state index is 12.6. The molecule has 0 heterocycles. The van der Waals surface area contributed by atoms with E-state index in [-0.39, 0.29) is 5.75 Å². The van der Waals surface area contributed by atoms with E-state index in [4.69, 9.17) is 0 Å². The lowest BCUT2D eigenvalue weighted by Gasteiger charge is -2.17. The van der Waals surface area contributed by atoms with Crippen molar-refractivity contribution in [1.82, 2.24) is 0 Å². The van der Waals surface area contributed by atoms with Crippen molar-refractivity contribution in [3.05, 3.63) is 30.3 Å². The van der Waals surface area contributed by atoms with Crippen LogP contribution in [0.15, 0.2) is 30.3 Å². The molecule has 0 aliphatic heterocycles. The predicted molar refractivity (Wildman–Crippen MR) is 110 cm³/mol. The van der Waals surface area contributed by atoms with Crippen molar-refractivity contribution in [2.75, 3.05) is 0 Å². The molecule has 0 amide bonds. The van der Waals surface area contributed by atoms with E-state index >= 15 is 0 Å². The van der Waals surface area contributed by atoms with Gasteiger partial charge in [0.25, 0.3) is 0 Å². The first-order chi connectivity index (χ1) is 11.9. The Labute approximate surface area is 152 Å². The predicted octanol–water partition coefficient (Wildman–Crippen LogP) is -2.74. The van der Waals surface area contributed by atoms with Crippen LogP contribution < -0.4 is 26.0 Å². The molecule has 0 aliphatic rings. The van der Waals surface area contributed by atoms with Crippen LogP contribution in [0.1, 0.15) is 0 Å². The molecule has 0 unspecified atom stereocenters. The average Bonchev–Trinajstić information content (AvgIpc) is 2.55. The molecular weight excluding hydrogens is 360 g/mol. The molecular formula is C15H13B4F3O3S. The lowest BCUT2D eigenvalue weighted by atomic mass is 9.64. The maximum Gasteiger partial charge on any atom is 0.534 e. The van der Waals surface area contributed by atoms with Crippen molar-refractivity contribution >= 4 is 84.9 Å². The highest BCUT2D eigenvalue weighted by Gasteiger charge is 2.48. The molecule has 0 fully saturated rings. The van der Waals surface area contributed by atoms with Gasteiger partial charge in [-0.15, -0.1) is 10.9 Å². The molecule has 0 saturated heterocycles. The first kappa shape index (κ1) is 18.8. The Hall–Kier alpha value is -2.02. The van der Waals surface area contributed by atoms with E-state index < -0.39 is 15.6 Å². The summed E-state index contributed by atoms with van der Waals surface area (Å²) in [4.78, 5) is 0. The molecule has 0 atom stereocenters. The van der Waals surface area contributed by atoms with Crippen LogP contribution >= 0.6 is 0 Å². The number of halogens is 3. The van der Waals surface area contributed by atoms with E-state index in [1.807, 2.05) is 43.5 Å². The highest BCUT2D eigenvalue weighted by molar-refractivity contribution is 7.88. The third kappa shape index (κ3) is 2.88. The molecule has 0 aromatic heterocycles. The summed E-state index contributed by atoms with van der Waals surface area (Å²) in [5.74, 6) is -0.363. The highest BCUT2D eigenvalue weighted by atomic mass is 32.2. The van der Waals surface area contributed by atoms with Crippen molar-refractivity contribution in [3.8, 4) is 5.75 Å². The monoisotopic (exact) mass is 374 g/mol. The maximum atomic E-state index is 12.6. The largest absolute Gasteiger partial charge is 0.534 e. The quantitative estimate of drug-likeness (QED) is 0.212. The van der Waals surface area contributed by atoms with Crippen LogP contribution in [-0.4, -0.2) is 45.3 Å². The minimum Gasteiger partial charge on any atom is -0.376 e. The van der Waals surface area contributed by atoms with Gasteiger partial charge in [0.05, 0.1) is 0 Å². The second-order valence-electron chi connectivity index (χ2n) is 6.35. The number of hydrogen-bond acceptors (Lipinski definition) is 3.